The van der Waals surface area contributed by atoms with E-state index in [2.05, 4.69) is 110 Å². The fourth-order valence-electron chi connectivity index (χ4n) is 5.87. The lowest BCUT2D eigenvalue weighted by atomic mass is 9.83. The van der Waals surface area contributed by atoms with Crippen molar-refractivity contribution < 1.29 is 14.2 Å². The second-order valence-electron chi connectivity index (χ2n) is 11.8. The molecule has 1 aliphatic rings. The van der Waals surface area contributed by atoms with E-state index in [-0.39, 0.29) is 0 Å². The molecule has 6 heteroatoms. The zero-order valence-electron chi connectivity index (χ0n) is 26.5. The van der Waals surface area contributed by atoms with Crippen LogP contribution < -0.4 is 19.1 Å². The van der Waals surface area contributed by atoms with E-state index in [1.807, 2.05) is 24.3 Å². The van der Waals surface area contributed by atoms with Crippen LogP contribution in [0.5, 0.6) is 17.2 Å². The van der Waals surface area contributed by atoms with Gasteiger partial charge >= 0.3 is 0 Å². The molecule has 4 aromatic rings. The van der Waals surface area contributed by atoms with E-state index in [1.165, 1.54) is 16.5 Å². The minimum atomic E-state index is -0.783. The molecule has 0 N–H and O–H groups in total. The molecule has 5 rings (SSSR count). The number of fused-ring (bicyclic) bond motifs is 3. The minimum Gasteiger partial charge on any atom is -0.497 e. The van der Waals surface area contributed by atoms with Gasteiger partial charge in [-0.1, -0.05) is 36.4 Å². The van der Waals surface area contributed by atoms with Gasteiger partial charge in [0.2, 0.25) is 0 Å². The van der Waals surface area contributed by atoms with Crippen molar-refractivity contribution in [3.8, 4) is 17.2 Å². The van der Waals surface area contributed by atoms with Gasteiger partial charge in [-0.25, -0.2) is 0 Å². The van der Waals surface area contributed by atoms with Gasteiger partial charge in [0, 0.05) is 35.5 Å². The van der Waals surface area contributed by atoms with Crippen molar-refractivity contribution in [3.63, 3.8) is 0 Å². The zero-order valence-corrected chi connectivity index (χ0v) is 26.5. The third-order valence-corrected chi connectivity index (χ3v) is 8.23. The predicted molar refractivity (Wildman–Crippen MR) is 179 cm³/mol. The number of nitrogens with zero attached hydrogens (tertiary/aromatic N) is 3. The average Bonchev–Trinajstić information content (AvgIpc) is 3.03. The first-order chi connectivity index (χ1) is 20.8. The lowest BCUT2D eigenvalue weighted by Gasteiger charge is -2.36. The van der Waals surface area contributed by atoms with Crippen LogP contribution in [0.1, 0.15) is 29.5 Å². The number of hydrogen-bond acceptors (Lipinski definition) is 6. The SMILES string of the molecule is COc1ccc(C2(c3ccc(OC)cc3)C=Cc3c(ccc4cc(N(CCCN(C)C)CCCN(C)C)ccc34)O2)cc1. The third-order valence-electron chi connectivity index (χ3n) is 8.23. The predicted octanol–water partition coefficient (Wildman–Crippen LogP) is 6.92. The monoisotopic (exact) mass is 579 g/mol. The Balaban J connectivity index is 1.50. The molecule has 1 heterocycles. The highest BCUT2D eigenvalue weighted by Gasteiger charge is 2.37. The van der Waals surface area contributed by atoms with Crippen LogP contribution in [0.2, 0.25) is 0 Å². The van der Waals surface area contributed by atoms with Gasteiger partial charge in [-0.15, -0.1) is 0 Å². The van der Waals surface area contributed by atoms with Crippen molar-refractivity contribution in [3.05, 3.63) is 102 Å². The molecule has 4 aromatic carbocycles. The van der Waals surface area contributed by atoms with Gasteiger partial charge in [0.25, 0.3) is 0 Å². The van der Waals surface area contributed by atoms with Crippen molar-refractivity contribution in [1.29, 1.82) is 0 Å². The minimum absolute atomic E-state index is 0.783. The highest BCUT2D eigenvalue weighted by atomic mass is 16.5. The van der Waals surface area contributed by atoms with E-state index < -0.39 is 5.60 Å². The summed E-state index contributed by atoms with van der Waals surface area (Å²) < 4.78 is 17.9. The normalized spacial score (nSPS) is 13.7. The molecule has 0 aromatic heterocycles. The number of benzene rings is 4. The summed E-state index contributed by atoms with van der Waals surface area (Å²) in [4.78, 5) is 7.06. The second-order valence-corrected chi connectivity index (χ2v) is 11.8. The molecule has 0 bridgehead atoms. The molecule has 0 saturated carbocycles. The van der Waals surface area contributed by atoms with Crippen LogP contribution in [0.25, 0.3) is 16.8 Å². The first-order valence-electron chi connectivity index (χ1n) is 15.1. The summed E-state index contributed by atoms with van der Waals surface area (Å²) in [6.45, 7) is 4.24. The van der Waals surface area contributed by atoms with Crippen molar-refractivity contribution in [1.82, 2.24) is 9.80 Å². The highest BCUT2D eigenvalue weighted by molar-refractivity contribution is 5.96. The highest BCUT2D eigenvalue weighted by Crippen LogP contribution is 2.45. The smallest absolute Gasteiger partial charge is 0.178 e. The Morgan fingerprint density at radius 1 is 0.651 bits per heavy atom. The fourth-order valence-corrected chi connectivity index (χ4v) is 5.87. The maximum absolute atomic E-state index is 6.99. The molecule has 0 unspecified atom stereocenters. The van der Waals surface area contributed by atoms with Crippen LogP contribution in [0, 0.1) is 0 Å². The molecule has 43 heavy (non-hydrogen) atoms. The molecular weight excluding hydrogens is 534 g/mol. The van der Waals surface area contributed by atoms with Crippen molar-refractivity contribution >= 4 is 22.5 Å². The first-order valence-corrected chi connectivity index (χ1v) is 15.1. The summed E-state index contributed by atoms with van der Waals surface area (Å²) in [7, 11) is 11.9. The molecular formula is C37H45N3O3. The largest absolute Gasteiger partial charge is 0.497 e. The Bertz CT molecular complexity index is 1470. The molecule has 0 saturated heterocycles. The summed E-state index contributed by atoms with van der Waals surface area (Å²) in [5.74, 6) is 2.49. The summed E-state index contributed by atoms with van der Waals surface area (Å²) in [6, 6.07) is 27.4. The Hall–Kier alpha value is -4.00. The van der Waals surface area contributed by atoms with E-state index in [0.717, 1.165) is 73.0 Å². The van der Waals surface area contributed by atoms with Gasteiger partial charge in [0.05, 0.1) is 14.2 Å². The number of methoxy groups -OCH3 is 2. The molecule has 6 nitrogen and oxygen atoms in total. The number of rotatable bonds is 13. The molecule has 0 fully saturated rings. The number of ether oxygens (including phenoxy) is 3. The maximum Gasteiger partial charge on any atom is 0.178 e. The van der Waals surface area contributed by atoms with Crippen LogP contribution in [0.3, 0.4) is 0 Å². The van der Waals surface area contributed by atoms with E-state index in [4.69, 9.17) is 14.2 Å². The summed E-state index contributed by atoms with van der Waals surface area (Å²) in [5.41, 5.74) is 3.66. The molecule has 226 valence electrons. The van der Waals surface area contributed by atoms with Gasteiger partial charge in [-0.3, -0.25) is 0 Å². The second kappa shape index (κ2) is 13.5. The molecule has 0 spiro atoms. The Labute approximate surface area is 257 Å². The molecule has 0 atom stereocenters. The van der Waals surface area contributed by atoms with E-state index in [0.29, 0.717) is 0 Å². The van der Waals surface area contributed by atoms with Crippen molar-refractivity contribution in [2.75, 3.05) is 73.5 Å². The van der Waals surface area contributed by atoms with Crippen LogP contribution in [-0.2, 0) is 5.60 Å². The quantitative estimate of drug-likeness (QED) is 0.171. The zero-order chi connectivity index (χ0) is 30.4. The Morgan fingerprint density at radius 3 is 1.72 bits per heavy atom. The van der Waals surface area contributed by atoms with Gasteiger partial charge in [0.1, 0.15) is 17.2 Å². The standard InChI is InChI=1S/C37H45N3O3/c1-38(2)23-7-25-40(26-8-24-39(3)4)31-14-19-34-28(27-31)9-20-36-35(34)21-22-37(43-36,29-10-15-32(41-5)16-11-29)30-12-17-33(42-6)18-13-30/h9-22,27H,7-8,23-26H2,1-6H3. The maximum atomic E-state index is 6.99. The van der Waals surface area contributed by atoms with Crippen molar-refractivity contribution in [2.24, 2.45) is 0 Å². The van der Waals surface area contributed by atoms with Crippen LogP contribution in [-0.4, -0.2) is 78.4 Å². The number of anilines is 1. The van der Waals surface area contributed by atoms with Gasteiger partial charge in [-0.05, 0) is 120 Å². The van der Waals surface area contributed by atoms with Gasteiger partial charge in [0.15, 0.2) is 5.60 Å². The lowest BCUT2D eigenvalue weighted by Crippen LogP contribution is -2.34. The topological polar surface area (TPSA) is 37.4 Å². The summed E-state index contributed by atoms with van der Waals surface area (Å²) >= 11 is 0. The summed E-state index contributed by atoms with van der Waals surface area (Å²) in [5, 5.41) is 2.41. The van der Waals surface area contributed by atoms with Crippen molar-refractivity contribution in [2.45, 2.75) is 18.4 Å². The number of hydrogen-bond donors (Lipinski definition) is 0. The molecule has 1 aliphatic heterocycles. The fraction of sp³-hybridized carbons (Fsp3) is 0.351. The average molecular weight is 580 g/mol. The van der Waals surface area contributed by atoms with Crippen LogP contribution in [0.4, 0.5) is 5.69 Å². The van der Waals surface area contributed by atoms with Crippen LogP contribution in [0.15, 0.2) is 84.9 Å². The van der Waals surface area contributed by atoms with E-state index in [1.54, 1.807) is 14.2 Å². The van der Waals surface area contributed by atoms with E-state index in [9.17, 15) is 0 Å². The molecule has 0 amide bonds. The molecule has 0 radical (unpaired) electrons. The van der Waals surface area contributed by atoms with E-state index >= 15 is 0 Å². The first kappa shape index (κ1) is 30.5. The summed E-state index contributed by atoms with van der Waals surface area (Å²) in [6.07, 6.45) is 6.67. The van der Waals surface area contributed by atoms with Gasteiger partial charge < -0.3 is 28.9 Å². The Kier molecular flexibility index (Phi) is 9.59. The lowest BCUT2D eigenvalue weighted by molar-refractivity contribution is 0.161. The van der Waals surface area contributed by atoms with Crippen LogP contribution >= 0.6 is 0 Å². The third kappa shape index (κ3) is 6.82. The molecule has 0 aliphatic carbocycles. The van der Waals surface area contributed by atoms with Gasteiger partial charge in [-0.2, -0.15) is 0 Å². The Morgan fingerprint density at radius 2 is 1.21 bits per heavy atom.